The monoisotopic (exact) mass is 388 g/mol. The number of halogens is 2. The predicted molar refractivity (Wildman–Crippen MR) is 105 cm³/mol. The Morgan fingerprint density at radius 1 is 1.15 bits per heavy atom. The molecule has 3 aromatic rings. The first-order valence-corrected chi connectivity index (χ1v) is 8.61. The number of anilines is 2. The number of hydrogen-bond donors (Lipinski definition) is 2. The van der Waals surface area contributed by atoms with Crippen molar-refractivity contribution in [3.63, 3.8) is 0 Å². The van der Waals surface area contributed by atoms with Crippen LogP contribution >= 0.6 is 12.2 Å². The van der Waals surface area contributed by atoms with Crippen LogP contribution in [0.5, 0.6) is 5.75 Å². The molecule has 0 aliphatic rings. The van der Waals surface area contributed by atoms with E-state index in [0.717, 1.165) is 0 Å². The lowest BCUT2D eigenvalue weighted by atomic mass is 10.1. The number of aromatic nitrogens is 2. The highest BCUT2D eigenvalue weighted by molar-refractivity contribution is 7.80. The molecular weight excluding hydrogens is 370 g/mol. The van der Waals surface area contributed by atoms with E-state index < -0.39 is 6.61 Å². The van der Waals surface area contributed by atoms with E-state index in [1.54, 1.807) is 29.1 Å². The molecule has 8 heteroatoms. The van der Waals surface area contributed by atoms with Gasteiger partial charge in [0.2, 0.25) is 0 Å². The van der Waals surface area contributed by atoms with Crippen molar-refractivity contribution in [2.75, 3.05) is 10.6 Å². The van der Waals surface area contributed by atoms with Gasteiger partial charge in [0.05, 0.1) is 24.1 Å². The minimum atomic E-state index is -2.91. The van der Waals surface area contributed by atoms with Crippen molar-refractivity contribution in [3.8, 4) is 5.75 Å². The maximum absolute atomic E-state index is 12.5. The molecule has 0 saturated heterocycles. The van der Waals surface area contributed by atoms with Crippen LogP contribution in [0.1, 0.15) is 11.1 Å². The number of benzene rings is 2. The molecule has 0 bridgehead atoms. The van der Waals surface area contributed by atoms with Crippen LogP contribution in [-0.4, -0.2) is 21.5 Å². The van der Waals surface area contributed by atoms with Crippen LogP contribution in [0.3, 0.4) is 0 Å². The largest absolute Gasteiger partial charge is 0.433 e. The van der Waals surface area contributed by atoms with E-state index in [9.17, 15) is 8.78 Å². The summed E-state index contributed by atoms with van der Waals surface area (Å²) in [4.78, 5) is 0. The zero-order valence-electron chi connectivity index (χ0n) is 14.5. The summed E-state index contributed by atoms with van der Waals surface area (Å²) in [5, 5.41) is 10.4. The molecule has 0 fully saturated rings. The van der Waals surface area contributed by atoms with Crippen LogP contribution in [0.4, 0.5) is 20.2 Å². The molecule has 0 amide bonds. The molecule has 3 rings (SSSR count). The Morgan fingerprint density at radius 2 is 1.89 bits per heavy atom. The number of para-hydroxylation sites is 2. The summed E-state index contributed by atoms with van der Waals surface area (Å²) in [7, 11) is 0. The molecule has 0 atom stereocenters. The Kier molecular flexibility index (Phi) is 5.97. The second kappa shape index (κ2) is 8.59. The van der Waals surface area contributed by atoms with Gasteiger partial charge in [-0.2, -0.15) is 13.9 Å². The third kappa shape index (κ3) is 5.24. The van der Waals surface area contributed by atoms with E-state index in [1.807, 2.05) is 18.3 Å². The Bertz CT molecular complexity index is 929. The molecule has 2 N–H and O–H groups in total. The zero-order chi connectivity index (χ0) is 19.2. The lowest BCUT2D eigenvalue weighted by molar-refractivity contribution is -0.0493. The third-order valence-electron chi connectivity index (χ3n) is 3.84. The summed E-state index contributed by atoms with van der Waals surface area (Å²) in [6, 6.07) is 14.4. The Hall–Kier alpha value is -3.00. The summed E-state index contributed by atoms with van der Waals surface area (Å²) in [5.41, 5.74) is 3.40. The van der Waals surface area contributed by atoms with Crippen LogP contribution in [0.15, 0.2) is 60.9 Å². The van der Waals surface area contributed by atoms with Crippen molar-refractivity contribution in [2.24, 2.45) is 0 Å². The van der Waals surface area contributed by atoms with Crippen molar-refractivity contribution in [1.82, 2.24) is 9.78 Å². The van der Waals surface area contributed by atoms with E-state index in [0.29, 0.717) is 17.9 Å². The summed E-state index contributed by atoms with van der Waals surface area (Å²) in [6.45, 7) is -0.218. The molecule has 0 unspecified atom stereocenters. The quantitative estimate of drug-likeness (QED) is 0.602. The average Bonchev–Trinajstić information content (AvgIpc) is 3.05. The predicted octanol–water partition coefficient (Wildman–Crippen LogP) is 4.65. The summed E-state index contributed by atoms with van der Waals surface area (Å²) in [5.74, 6) is 0.0203. The fraction of sp³-hybridized carbons (Fsp3) is 0.158. The summed E-state index contributed by atoms with van der Waals surface area (Å²) >= 11 is 5.25. The first-order valence-electron chi connectivity index (χ1n) is 8.20. The summed E-state index contributed by atoms with van der Waals surface area (Å²) in [6.07, 6.45) is 3.47. The van der Waals surface area contributed by atoms with Gasteiger partial charge in [0.25, 0.3) is 0 Å². The lowest BCUT2D eigenvalue weighted by Gasteiger charge is -2.13. The molecule has 0 aliphatic carbocycles. The second-order valence-electron chi connectivity index (χ2n) is 5.81. The molecule has 27 heavy (non-hydrogen) atoms. The van der Waals surface area contributed by atoms with E-state index in [2.05, 4.69) is 39.5 Å². The Labute approximate surface area is 161 Å². The molecular formula is C19H18F2N4OS. The number of ether oxygens (including phenoxy) is 1. The molecule has 5 nitrogen and oxygen atoms in total. The Balaban J connectivity index is 1.62. The zero-order valence-corrected chi connectivity index (χ0v) is 15.3. The molecule has 1 aromatic heterocycles. The van der Waals surface area contributed by atoms with Crippen LogP contribution < -0.4 is 15.4 Å². The number of nitrogens with one attached hydrogen (secondary N) is 2. The highest BCUT2D eigenvalue weighted by Gasteiger charge is 2.10. The molecule has 0 aliphatic heterocycles. The number of nitrogens with zero attached hydrogens (tertiary/aromatic N) is 2. The van der Waals surface area contributed by atoms with Gasteiger partial charge in [0.15, 0.2) is 5.11 Å². The van der Waals surface area contributed by atoms with Gasteiger partial charge in [-0.15, -0.1) is 0 Å². The van der Waals surface area contributed by atoms with Crippen molar-refractivity contribution in [1.29, 1.82) is 0 Å². The standard InChI is InChI=1S/C19H18F2N4OS/c1-13-6-2-3-7-14(13)11-25-12-15(10-22-25)23-19(27)24-16-8-4-5-9-17(16)26-18(20)21/h2-10,12,18H,11H2,1H3,(H2,23,24,27). The van der Waals surface area contributed by atoms with Crippen LogP contribution in [0, 0.1) is 6.92 Å². The molecule has 0 radical (unpaired) electrons. The minimum absolute atomic E-state index is 0.0203. The second-order valence-corrected chi connectivity index (χ2v) is 6.22. The normalized spacial score (nSPS) is 10.7. The first kappa shape index (κ1) is 18.8. The highest BCUT2D eigenvalue weighted by atomic mass is 32.1. The van der Waals surface area contributed by atoms with Gasteiger partial charge in [-0.1, -0.05) is 36.4 Å². The number of rotatable bonds is 6. The van der Waals surface area contributed by atoms with Gasteiger partial charge in [0, 0.05) is 6.20 Å². The fourth-order valence-electron chi connectivity index (χ4n) is 2.53. The van der Waals surface area contributed by atoms with Gasteiger partial charge < -0.3 is 15.4 Å². The van der Waals surface area contributed by atoms with E-state index in [1.165, 1.54) is 17.2 Å². The Morgan fingerprint density at radius 3 is 2.67 bits per heavy atom. The minimum Gasteiger partial charge on any atom is -0.433 e. The third-order valence-corrected chi connectivity index (χ3v) is 4.04. The van der Waals surface area contributed by atoms with Crippen molar-refractivity contribution < 1.29 is 13.5 Å². The fourth-order valence-corrected chi connectivity index (χ4v) is 2.76. The first-order chi connectivity index (χ1) is 13.0. The molecule has 1 heterocycles. The van der Waals surface area contributed by atoms with Crippen LogP contribution in [-0.2, 0) is 6.54 Å². The number of hydrogen-bond acceptors (Lipinski definition) is 3. The lowest BCUT2D eigenvalue weighted by Crippen LogP contribution is -2.19. The molecule has 0 saturated carbocycles. The van der Waals surface area contributed by atoms with Gasteiger partial charge >= 0.3 is 6.61 Å². The SMILES string of the molecule is Cc1ccccc1Cn1cc(NC(=S)Nc2ccccc2OC(F)F)cn1. The van der Waals surface area contributed by atoms with E-state index in [4.69, 9.17) is 12.2 Å². The number of alkyl halides is 2. The van der Waals surface area contributed by atoms with Gasteiger partial charge in [-0.05, 0) is 42.4 Å². The van der Waals surface area contributed by atoms with E-state index in [-0.39, 0.29) is 10.9 Å². The number of aryl methyl sites for hydroxylation is 1. The number of thiocarbonyl (C=S) groups is 1. The van der Waals surface area contributed by atoms with Gasteiger partial charge in [-0.25, -0.2) is 0 Å². The van der Waals surface area contributed by atoms with Crippen molar-refractivity contribution in [3.05, 3.63) is 72.1 Å². The van der Waals surface area contributed by atoms with Crippen molar-refractivity contribution >= 4 is 28.7 Å². The average molecular weight is 388 g/mol. The topological polar surface area (TPSA) is 51.1 Å². The summed E-state index contributed by atoms with van der Waals surface area (Å²) < 4.78 is 31.2. The van der Waals surface area contributed by atoms with Crippen molar-refractivity contribution in [2.45, 2.75) is 20.1 Å². The maximum atomic E-state index is 12.5. The highest BCUT2D eigenvalue weighted by Crippen LogP contribution is 2.25. The van der Waals surface area contributed by atoms with Gasteiger partial charge in [0.1, 0.15) is 5.75 Å². The molecule has 2 aromatic carbocycles. The van der Waals surface area contributed by atoms with Crippen LogP contribution in [0.25, 0.3) is 0 Å². The van der Waals surface area contributed by atoms with E-state index >= 15 is 0 Å². The molecule has 0 spiro atoms. The molecule has 140 valence electrons. The van der Waals surface area contributed by atoms with Crippen LogP contribution in [0.2, 0.25) is 0 Å². The van der Waals surface area contributed by atoms with Gasteiger partial charge in [-0.3, -0.25) is 4.68 Å². The maximum Gasteiger partial charge on any atom is 0.387 e. The smallest absolute Gasteiger partial charge is 0.387 e.